The molecule has 2 aromatic heterocycles. The quantitative estimate of drug-likeness (QED) is 0.920. The van der Waals surface area contributed by atoms with E-state index in [1.54, 1.807) is 18.3 Å². The first-order valence-electron chi connectivity index (χ1n) is 8.11. The lowest BCUT2D eigenvalue weighted by Crippen LogP contribution is -2.37. The third kappa shape index (κ3) is 4.05. The summed E-state index contributed by atoms with van der Waals surface area (Å²) in [7, 11) is 0. The SMILES string of the molecule is N#Cc1ccnc(NCC(c2cccnc2)N2CCCCC2)c1. The standard InChI is InChI=1S/C18H21N5/c19-12-15-6-8-21-18(11-15)22-14-17(16-5-4-7-20-13-16)23-9-2-1-3-10-23/h4-8,11,13,17H,1-3,9-10,14H2,(H,21,22). The van der Waals surface area contributed by atoms with Gasteiger partial charge in [0.25, 0.3) is 0 Å². The van der Waals surface area contributed by atoms with Crippen molar-refractivity contribution in [2.45, 2.75) is 25.3 Å². The number of hydrogen-bond donors (Lipinski definition) is 1. The van der Waals surface area contributed by atoms with Gasteiger partial charge in [-0.25, -0.2) is 4.98 Å². The Balaban J connectivity index is 1.74. The van der Waals surface area contributed by atoms with Crippen molar-refractivity contribution in [1.82, 2.24) is 14.9 Å². The third-order valence-corrected chi connectivity index (χ3v) is 4.27. The van der Waals surface area contributed by atoms with Crippen molar-refractivity contribution in [3.05, 3.63) is 54.0 Å². The Morgan fingerprint density at radius 2 is 2.09 bits per heavy atom. The second kappa shape index (κ2) is 7.70. The molecule has 118 valence electrons. The van der Waals surface area contributed by atoms with Crippen LogP contribution < -0.4 is 5.32 Å². The van der Waals surface area contributed by atoms with Gasteiger partial charge in [-0.2, -0.15) is 5.26 Å². The predicted octanol–water partition coefficient (Wildman–Crippen LogP) is 2.99. The Morgan fingerprint density at radius 1 is 1.22 bits per heavy atom. The van der Waals surface area contributed by atoms with Gasteiger partial charge in [0.05, 0.1) is 17.7 Å². The molecule has 0 aliphatic carbocycles. The molecule has 0 spiro atoms. The molecule has 1 aliphatic heterocycles. The van der Waals surface area contributed by atoms with Crippen LogP contribution >= 0.6 is 0 Å². The van der Waals surface area contributed by atoms with Crippen LogP contribution in [-0.2, 0) is 0 Å². The largest absolute Gasteiger partial charge is 0.368 e. The van der Waals surface area contributed by atoms with E-state index in [1.165, 1.54) is 24.8 Å². The molecule has 2 aromatic rings. The smallest absolute Gasteiger partial charge is 0.127 e. The fraction of sp³-hybridized carbons (Fsp3) is 0.389. The van der Waals surface area contributed by atoms with Gasteiger partial charge in [0.2, 0.25) is 0 Å². The van der Waals surface area contributed by atoms with Gasteiger partial charge in [-0.05, 0) is 49.7 Å². The zero-order chi connectivity index (χ0) is 15.9. The van der Waals surface area contributed by atoms with Crippen LogP contribution in [-0.4, -0.2) is 34.5 Å². The molecule has 0 radical (unpaired) electrons. The van der Waals surface area contributed by atoms with E-state index in [4.69, 9.17) is 5.26 Å². The maximum atomic E-state index is 9.00. The number of nitriles is 1. The Bertz CT molecular complexity index is 659. The maximum Gasteiger partial charge on any atom is 0.127 e. The number of anilines is 1. The summed E-state index contributed by atoms with van der Waals surface area (Å²) >= 11 is 0. The van der Waals surface area contributed by atoms with Crippen LogP contribution in [0.3, 0.4) is 0 Å². The molecule has 1 aliphatic rings. The normalized spacial score (nSPS) is 16.5. The Morgan fingerprint density at radius 3 is 2.83 bits per heavy atom. The van der Waals surface area contributed by atoms with Crippen molar-refractivity contribution >= 4 is 5.82 Å². The van der Waals surface area contributed by atoms with Crippen LogP contribution in [0.4, 0.5) is 5.82 Å². The van der Waals surface area contributed by atoms with E-state index in [-0.39, 0.29) is 6.04 Å². The highest BCUT2D eigenvalue weighted by Gasteiger charge is 2.22. The predicted molar refractivity (Wildman–Crippen MR) is 89.8 cm³/mol. The monoisotopic (exact) mass is 307 g/mol. The number of nitrogens with zero attached hydrogens (tertiary/aromatic N) is 4. The van der Waals surface area contributed by atoms with Crippen molar-refractivity contribution < 1.29 is 0 Å². The van der Waals surface area contributed by atoms with Crippen molar-refractivity contribution in [1.29, 1.82) is 5.26 Å². The molecular formula is C18H21N5. The Kier molecular flexibility index (Phi) is 5.17. The maximum absolute atomic E-state index is 9.00. The molecule has 0 amide bonds. The van der Waals surface area contributed by atoms with Crippen LogP contribution in [0.1, 0.15) is 36.4 Å². The summed E-state index contributed by atoms with van der Waals surface area (Å²) in [5.74, 6) is 0.745. The van der Waals surface area contributed by atoms with Gasteiger partial charge in [0.15, 0.2) is 0 Å². The molecule has 23 heavy (non-hydrogen) atoms. The van der Waals surface area contributed by atoms with Crippen LogP contribution in [0.5, 0.6) is 0 Å². The zero-order valence-corrected chi connectivity index (χ0v) is 13.2. The molecule has 1 atom stereocenters. The fourth-order valence-electron chi connectivity index (χ4n) is 3.06. The molecule has 5 heteroatoms. The Labute approximate surface area is 137 Å². The van der Waals surface area contributed by atoms with Gasteiger partial charge < -0.3 is 5.32 Å². The van der Waals surface area contributed by atoms with E-state index >= 15 is 0 Å². The van der Waals surface area contributed by atoms with Crippen molar-refractivity contribution in [2.24, 2.45) is 0 Å². The summed E-state index contributed by atoms with van der Waals surface area (Å²) < 4.78 is 0. The van der Waals surface area contributed by atoms with E-state index in [2.05, 4.69) is 32.3 Å². The lowest BCUT2D eigenvalue weighted by Gasteiger charge is -2.35. The first-order chi connectivity index (χ1) is 11.4. The number of aromatic nitrogens is 2. The Hall–Kier alpha value is -2.45. The van der Waals surface area contributed by atoms with Gasteiger partial charge in [-0.1, -0.05) is 12.5 Å². The number of hydrogen-bond acceptors (Lipinski definition) is 5. The number of piperidine rings is 1. The second-order valence-corrected chi connectivity index (χ2v) is 5.82. The van der Waals surface area contributed by atoms with Crippen LogP contribution in [0.2, 0.25) is 0 Å². The van der Waals surface area contributed by atoms with E-state index in [0.717, 1.165) is 25.5 Å². The minimum Gasteiger partial charge on any atom is -0.368 e. The summed E-state index contributed by atoms with van der Waals surface area (Å²) in [6.07, 6.45) is 9.23. The van der Waals surface area contributed by atoms with E-state index in [9.17, 15) is 0 Å². The average Bonchev–Trinajstić information content (AvgIpc) is 2.64. The molecule has 1 fully saturated rings. The molecule has 0 bridgehead atoms. The molecule has 1 unspecified atom stereocenters. The molecular weight excluding hydrogens is 286 g/mol. The van der Waals surface area contributed by atoms with Crippen LogP contribution in [0.25, 0.3) is 0 Å². The van der Waals surface area contributed by atoms with Crippen LogP contribution in [0.15, 0.2) is 42.9 Å². The summed E-state index contributed by atoms with van der Waals surface area (Å²) in [6, 6.07) is 10.0. The molecule has 3 heterocycles. The highest BCUT2D eigenvalue weighted by molar-refractivity contribution is 5.42. The summed E-state index contributed by atoms with van der Waals surface area (Å²) in [5.41, 5.74) is 1.84. The van der Waals surface area contributed by atoms with E-state index < -0.39 is 0 Å². The lowest BCUT2D eigenvalue weighted by atomic mass is 10.0. The second-order valence-electron chi connectivity index (χ2n) is 5.82. The lowest BCUT2D eigenvalue weighted by molar-refractivity contribution is 0.170. The van der Waals surface area contributed by atoms with Crippen molar-refractivity contribution in [2.75, 3.05) is 25.0 Å². The van der Waals surface area contributed by atoms with Crippen molar-refractivity contribution in [3.63, 3.8) is 0 Å². The topological polar surface area (TPSA) is 64.8 Å². The molecule has 3 rings (SSSR count). The van der Waals surface area contributed by atoms with Gasteiger partial charge in [0.1, 0.15) is 5.82 Å². The minimum absolute atomic E-state index is 0.275. The van der Waals surface area contributed by atoms with Gasteiger partial charge >= 0.3 is 0 Å². The van der Waals surface area contributed by atoms with E-state index in [0.29, 0.717) is 5.56 Å². The average molecular weight is 307 g/mol. The summed E-state index contributed by atoms with van der Waals surface area (Å²) in [6.45, 7) is 2.99. The molecule has 0 aromatic carbocycles. The third-order valence-electron chi connectivity index (χ3n) is 4.27. The molecule has 5 nitrogen and oxygen atoms in total. The highest BCUT2D eigenvalue weighted by atomic mass is 15.2. The summed E-state index contributed by atoms with van der Waals surface area (Å²) in [4.78, 5) is 11.1. The molecule has 0 saturated carbocycles. The fourth-order valence-corrected chi connectivity index (χ4v) is 3.06. The van der Waals surface area contributed by atoms with Crippen LogP contribution in [0, 0.1) is 11.3 Å². The van der Waals surface area contributed by atoms with Gasteiger partial charge in [-0.3, -0.25) is 9.88 Å². The molecule has 1 saturated heterocycles. The number of nitrogens with one attached hydrogen (secondary N) is 1. The van der Waals surface area contributed by atoms with Gasteiger partial charge in [0, 0.05) is 25.1 Å². The summed E-state index contributed by atoms with van der Waals surface area (Å²) in [5, 5.41) is 12.4. The minimum atomic E-state index is 0.275. The first kappa shape index (κ1) is 15.4. The highest BCUT2D eigenvalue weighted by Crippen LogP contribution is 2.24. The molecule has 1 N–H and O–H groups in total. The first-order valence-corrected chi connectivity index (χ1v) is 8.11. The number of likely N-dealkylation sites (tertiary alicyclic amines) is 1. The number of pyridine rings is 2. The van der Waals surface area contributed by atoms with Gasteiger partial charge in [-0.15, -0.1) is 0 Å². The zero-order valence-electron chi connectivity index (χ0n) is 13.2. The van der Waals surface area contributed by atoms with E-state index in [1.807, 2.05) is 18.5 Å². The van der Waals surface area contributed by atoms with Crippen molar-refractivity contribution in [3.8, 4) is 6.07 Å². The number of rotatable bonds is 5.